The van der Waals surface area contributed by atoms with Gasteiger partial charge in [-0.3, -0.25) is 23.5 Å². The van der Waals surface area contributed by atoms with Gasteiger partial charge >= 0.3 is 11.1 Å². The third-order valence-electron chi connectivity index (χ3n) is 4.36. The van der Waals surface area contributed by atoms with Crippen LogP contribution in [0, 0.1) is 13.8 Å². The molecule has 3 rings (SSSR count). The Balaban J connectivity index is 1.74. The molecule has 1 N–H and O–H groups in total. The van der Waals surface area contributed by atoms with E-state index in [0.29, 0.717) is 12.2 Å². The molecule has 1 amide bonds. The van der Waals surface area contributed by atoms with Crippen LogP contribution in [0.4, 0.5) is 0 Å². The second-order valence-electron chi connectivity index (χ2n) is 6.46. The van der Waals surface area contributed by atoms with Crippen molar-refractivity contribution in [2.24, 2.45) is 0 Å². The molecule has 3 aromatic rings. The Hall–Kier alpha value is -3.41. The first kappa shape index (κ1) is 18.4. The second kappa shape index (κ2) is 7.86. The monoisotopic (exact) mass is 363 g/mol. The van der Waals surface area contributed by atoms with Crippen molar-refractivity contribution in [3.63, 3.8) is 0 Å². The fourth-order valence-electron chi connectivity index (χ4n) is 2.77. The van der Waals surface area contributed by atoms with Crippen LogP contribution in [0.1, 0.15) is 16.7 Å². The lowest BCUT2D eigenvalue weighted by Gasteiger charge is -2.11. The summed E-state index contributed by atoms with van der Waals surface area (Å²) in [5.74, 6) is -0.328. The third-order valence-corrected chi connectivity index (χ3v) is 4.36. The largest absolute Gasteiger partial charge is 0.350 e. The average Bonchev–Trinajstić information content (AvgIpc) is 2.66. The van der Waals surface area contributed by atoms with Gasteiger partial charge in [0.1, 0.15) is 6.54 Å². The number of nitrogens with zero attached hydrogens (tertiary/aromatic N) is 2. The first-order valence-corrected chi connectivity index (χ1v) is 8.66. The van der Waals surface area contributed by atoms with Crippen molar-refractivity contribution in [2.75, 3.05) is 0 Å². The summed E-state index contributed by atoms with van der Waals surface area (Å²) in [5.41, 5.74) is 2.23. The topological polar surface area (TPSA) is 73.1 Å². The molecule has 0 aliphatic heterocycles. The number of rotatable bonds is 5. The zero-order valence-corrected chi connectivity index (χ0v) is 15.3. The highest BCUT2D eigenvalue weighted by Gasteiger charge is 2.11. The number of benzene rings is 2. The zero-order chi connectivity index (χ0) is 19.4. The molecule has 27 heavy (non-hydrogen) atoms. The van der Waals surface area contributed by atoms with E-state index in [9.17, 15) is 14.4 Å². The summed E-state index contributed by atoms with van der Waals surface area (Å²) in [6.07, 6.45) is 2.97. The van der Waals surface area contributed by atoms with Gasteiger partial charge in [0, 0.05) is 18.9 Å². The molecule has 138 valence electrons. The molecule has 2 aromatic carbocycles. The van der Waals surface area contributed by atoms with Crippen molar-refractivity contribution in [3.8, 4) is 5.69 Å². The lowest BCUT2D eigenvalue weighted by molar-refractivity contribution is -0.121. The Morgan fingerprint density at radius 3 is 2.33 bits per heavy atom. The van der Waals surface area contributed by atoms with E-state index in [4.69, 9.17) is 0 Å². The molecule has 0 radical (unpaired) electrons. The van der Waals surface area contributed by atoms with E-state index in [1.165, 1.54) is 17.0 Å². The minimum absolute atomic E-state index is 0.200. The molecule has 0 bridgehead atoms. The predicted octanol–water partition coefficient (Wildman–Crippen LogP) is 1.93. The number of amides is 1. The smallest absolute Gasteiger partial charge is 0.320 e. The van der Waals surface area contributed by atoms with Gasteiger partial charge in [-0.05, 0) is 31.0 Å². The van der Waals surface area contributed by atoms with Gasteiger partial charge in [-0.1, -0.05) is 48.0 Å². The normalized spacial score (nSPS) is 10.6. The molecule has 1 heterocycles. The Labute approximate surface area is 156 Å². The number of hydrogen-bond acceptors (Lipinski definition) is 3. The molecule has 6 heteroatoms. The molecule has 0 saturated carbocycles. The summed E-state index contributed by atoms with van der Waals surface area (Å²) in [6, 6.07) is 15.1. The van der Waals surface area contributed by atoms with E-state index >= 15 is 0 Å². The Bertz CT molecular complexity index is 1080. The van der Waals surface area contributed by atoms with Crippen LogP contribution in [-0.4, -0.2) is 15.0 Å². The van der Waals surface area contributed by atoms with Gasteiger partial charge in [0.25, 0.3) is 0 Å². The first-order valence-electron chi connectivity index (χ1n) is 8.66. The van der Waals surface area contributed by atoms with Gasteiger partial charge in [-0.25, -0.2) is 0 Å². The molecule has 0 spiro atoms. The number of carbonyl (C=O) groups excluding carboxylic acids is 1. The lowest BCUT2D eigenvalue weighted by Crippen LogP contribution is -2.42. The van der Waals surface area contributed by atoms with E-state index in [1.54, 1.807) is 12.1 Å². The van der Waals surface area contributed by atoms with Crippen LogP contribution in [0.2, 0.25) is 0 Å². The summed E-state index contributed by atoms with van der Waals surface area (Å²) < 4.78 is 2.43. The van der Waals surface area contributed by atoms with Crippen LogP contribution in [-0.2, 0) is 17.9 Å². The second-order valence-corrected chi connectivity index (χ2v) is 6.46. The average molecular weight is 363 g/mol. The standard InChI is InChI=1S/C21H21N3O3/c1-15-7-9-17(10-8-15)13-22-19(25)14-23-11-12-24(21(27)20(23)26)18-6-4-3-5-16(18)2/h3-12H,13-14H2,1-2H3,(H,22,25). The predicted molar refractivity (Wildman–Crippen MR) is 104 cm³/mol. The number of para-hydroxylation sites is 1. The number of hydrogen-bond donors (Lipinski definition) is 1. The molecule has 0 aliphatic carbocycles. The van der Waals surface area contributed by atoms with Gasteiger partial charge in [-0.2, -0.15) is 0 Å². The SMILES string of the molecule is Cc1ccc(CNC(=O)Cn2ccn(-c3ccccc3C)c(=O)c2=O)cc1. The van der Waals surface area contributed by atoms with E-state index in [1.807, 2.05) is 50.2 Å². The molecule has 0 unspecified atom stereocenters. The summed E-state index contributed by atoms with van der Waals surface area (Å²) >= 11 is 0. The number of aromatic nitrogens is 2. The minimum Gasteiger partial charge on any atom is -0.350 e. The molecular formula is C21H21N3O3. The maximum absolute atomic E-state index is 12.4. The van der Waals surface area contributed by atoms with Gasteiger partial charge < -0.3 is 5.32 Å². The number of carbonyl (C=O) groups is 1. The van der Waals surface area contributed by atoms with E-state index in [0.717, 1.165) is 21.3 Å². The van der Waals surface area contributed by atoms with Crippen molar-refractivity contribution in [2.45, 2.75) is 26.9 Å². The maximum Gasteiger partial charge on any atom is 0.320 e. The molecule has 0 aliphatic rings. The van der Waals surface area contributed by atoms with Crippen LogP contribution in [0.25, 0.3) is 5.69 Å². The van der Waals surface area contributed by atoms with Gasteiger partial charge in [0.2, 0.25) is 5.91 Å². The van der Waals surface area contributed by atoms with Crippen LogP contribution in [0.5, 0.6) is 0 Å². The lowest BCUT2D eigenvalue weighted by atomic mass is 10.1. The Morgan fingerprint density at radius 1 is 0.926 bits per heavy atom. The molecular weight excluding hydrogens is 342 g/mol. The van der Waals surface area contributed by atoms with E-state index < -0.39 is 11.1 Å². The fraction of sp³-hybridized carbons (Fsp3) is 0.190. The molecule has 6 nitrogen and oxygen atoms in total. The molecule has 0 fully saturated rings. The minimum atomic E-state index is -0.730. The first-order chi connectivity index (χ1) is 13.0. The van der Waals surface area contributed by atoms with E-state index in [2.05, 4.69) is 5.32 Å². The van der Waals surface area contributed by atoms with E-state index in [-0.39, 0.29) is 12.5 Å². The molecule has 0 saturated heterocycles. The van der Waals surface area contributed by atoms with Crippen molar-refractivity contribution in [1.29, 1.82) is 0 Å². The molecule has 0 atom stereocenters. The number of aryl methyl sites for hydroxylation is 2. The summed E-state index contributed by atoms with van der Waals surface area (Å²) in [5, 5.41) is 2.76. The quantitative estimate of drug-likeness (QED) is 0.704. The molecule has 1 aromatic heterocycles. The van der Waals surface area contributed by atoms with Crippen LogP contribution < -0.4 is 16.4 Å². The van der Waals surface area contributed by atoms with Crippen molar-refractivity contribution < 1.29 is 4.79 Å². The Kier molecular flexibility index (Phi) is 5.35. The van der Waals surface area contributed by atoms with Crippen LogP contribution in [0.3, 0.4) is 0 Å². The highest BCUT2D eigenvalue weighted by atomic mass is 16.2. The highest BCUT2D eigenvalue weighted by Crippen LogP contribution is 2.10. The van der Waals surface area contributed by atoms with Gasteiger partial charge in [-0.15, -0.1) is 0 Å². The van der Waals surface area contributed by atoms with Crippen molar-refractivity contribution in [3.05, 3.63) is 98.3 Å². The van der Waals surface area contributed by atoms with Gasteiger partial charge in [0.05, 0.1) is 5.69 Å². The summed E-state index contributed by atoms with van der Waals surface area (Å²) in [6.45, 7) is 4.03. The Morgan fingerprint density at radius 2 is 1.63 bits per heavy atom. The van der Waals surface area contributed by atoms with Gasteiger partial charge in [0.15, 0.2) is 0 Å². The van der Waals surface area contributed by atoms with Crippen molar-refractivity contribution in [1.82, 2.24) is 14.5 Å². The zero-order valence-electron chi connectivity index (χ0n) is 15.3. The van der Waals surface area contributed by atoms with Crippen LogP contribution >= 0.6 is 0 Å². The third kappa shape index (κ3) is 4.23. The van der Waals surface area contributed by atoms with Crippen LogP contribution in [0.15, 0.2) is 70.5 Å². The number of nitrogens with one attached hydrogen (secondary N) is 1. The summed E-state index contributed by atoms with van der Waals surface area (Å²) in [7, 11) is 0. The van der Waals surface area contributed by atoms with Crippen molar-refractivity contribution >= 4 is 5.91 Å². The summed E-state index contributed by atoms with van der Waals surface area (Å²) in [4.78, 5) is 36.9. The highest BCUT2D eigenvalue weighted by molar-refractivity contribution is 5.75. The maximum atomic E-state index is 12.4. The fourth-order valence-corrected chi connectivity index (χ4v) is 2.77.